The fourth-order valence-electron chi connectivity index (χ4n) is 4.37. The molecule has 7 nitrogen and oxygen atoms in total. The Labute approximate surface area is 181 Å². The molecule has 0 saturated carbocycles. The lowest BCUT2D eigenvalue weighted by Crippen LogP contribution is -2.41. The van der Waals surface area contributed by atoms with E-state index in [0.29, 0.717) is 30.1 Å². The molecule has 1 atom stereocenters. The van der Waals surface area contributed by atoms with Crippen molar-refractivity contribution in [3.8, 4) is 0 Å². The molecule has 1 aromatic heterocycles. The number of hydrogen-bond donors (Lipinski definition) is 1. The fourth-order valence-corrected chi connectivity index (χ4v) is 4.49. The van der Waals surface area contributed by atoms with Crippen molar-refractivity contribution in [1.82, 2.24) is 25.0 Å². The normalized spacial score (nSPS) is 19.1. The van der Waals surface area contributed by atoms with Crippen molar-refractivity contribution < 1.29 is 9.59 Å². The van der Waals surface area contributed by atoms with E-state index in [1.54, 1.807) is 24.3 Å². The molecule has 2 amide bonds. The minimum absolute atomic E-state index is 0.0757. The number of fused-ring (bicyclic) bond motifs is 1. The van der Waals surface area contributed by atoms with E-state index in [9.17, 15) is 9.59 Å². The van der Waals surface area contributed by atoms with Gasteiger partial charge in [0.25, 0.3) is 5.91 Å². The highest BCUT2D eigenvalue weighted by molar-refractivity contribution is 6.30. The Morgan fingerprint density at radius 3 is 2.73 bits per heavy atom. The van der Waals surface area contributed by atoms with Gasteiger partial charge in [-0.2, -0.15) is 0 Å². The molecule has 1 saturated heterocycles. The molecule has 2 aliphatic heterocycles. The lowest BCUT2D eigenvalue weighted by molar-refractivity contribution is -0.132. The molecule has 0 radical (unpaired) electrons. The van der Waals surface area contributed by atoms with Crippen molar-refractivity contribution in [2.24, 2.45) is 0 Å². The van der Waals surface area contributed by atoms with Gasteiger partial charge in [0, 0.05) is 55.5 Å². The molecule has 1 aromatic carbocycles. The molecule has 0 spiro atoms. The summed E-state index contributed by atoms with van der Waals surface area (Å²) in [5, 5.41) is 12.3. The number of aromatic nitrogens is 3. The molecule has 160 valence electrons. The van der Waals surface area contributed by atoms with E-state index in [2.05, 4.69) is 20.1 Å². The third-order valence-electron chi connectivity index (χ3n) is 6.01. The molecular weight excluding hydrogens is 402 g/mol. The average Bonchev–Trinajstić information content (AvgIpc) is 3.02. The van der Waals surface area contributed by atoms with Gasteiger partial charge in [-0.25, -0.2) is 0 Å². The predicted molar refractivity (Wildman–Crippen MR) is 115 cm³/mol. The number of nitrogens with one attached hydrogen (secondary N) is 1. The monoisotopic (exact) mass is 429 g/mol. The summed E-state index contributed by atoms with van der Waals surface area (Å²) >= 11 is 5.85. The number of hydrogen-bond acceptors (Lipinski definition) is 4. The highest BCUT2D eigenvalue weighted by atomic mass is 35.5. The number of rotatable bonds is 5. The molecule has 1 N–H and O–H groups in total. The first-order valence-electron chi connectivity index (χ1n) is 10.9. The lowest BCUT2D eigenvalue weighted by atomic mass is 9.96. The Morgan fingerprint density at radius 2 is 1.90 bits per heavy atom. The van der Waals surface area contributed by atoms with Crippen LogP contribution in [0.25, 0.3) is 0 Å². The smallest absolute Gasteiger partial charge is 0.251 e. The second kappa shape index (κ2) is 9.60. The summed E-state index contributed by atoms with van der Waals surface area (Å²) in [6, 6.07) is 6.72. The summed E-state index contributed by atoms with van der Waals surface area (Å²) in [4.78, 5) is 26.8. The minimum Gasteiger partial charge on any atom is -0.352 e. The van der Waals surface area contributed by atoms with Crippen molar-refractivity contribution in [2.45, 2.75) is 57.4 Å². The van der Waals surface area contributed by atoms with Crippen molar-refractivity contribution >= 4 is 23.4 Å². The van der Waals surface area contributed by atoms with Gasteiger partial charge >= 0.3 is 0 Å². The Bertz CT molecular complexity index is 895. The van der Waals surface area contributed by atoms with E-state index >= 15 is 0 Å². The summed E-state index contributed by atoms with van der Waals surface area (Å²) in [6.07, 6.45) is 6.88. The zero-order valence-electron chi connectivity index (χ0n) is 17.1. The molecule has 1 fully saturated rings. The van der Waals surface area contributed by atoms with Crippen LogP contribution in [0.1, 0.15) is 66.4 Å². The largest absolute Gasteiger partial charge is 0.352 e. The van der Waals surface area contributed by atoms with Crippen LogP contribution >= 0.6 is 11.6 Å². The highest BCUT2D eigenvalue weighted by Crippen LogP contribution is 2.28. The van der Waals surface area contributed by atoms with Crippen LogP contribution in [-0.4, -0.2) is 51.1 Å². The minimum atomic E-state index is -0.192. The van der Waals surface area contributed by atoms with Crippen LogP contribution in [0.4, 0.5) is 0 Å². The molecule has 0 unspecified atom stereocenters. The Balaban J connectivity index is 1.30. The van der Waals surface area contributed by atoms with Gasteiger partial charge in [-0.15, -0.1) is 10.2 Å². The topological polar surface area (TPSA) is 80.1 Å². The Kier molecular flexibility index (Phi) is 6.67. The molecule has 0 bridgehead atoms. The van der Waals surface area contributed by atoms with Gasteiger partial charge in [-0.3, -0.25) is 9.59 Å². The standard InChI is InChI=1S/C22H28ClN5O2/c23-18-9-7-16(8-10-18)22(30)24-12-11-20(29)27-13-4-5-17(15-27)21-26-25-19-6-2-1-3-14-28(19)21/h7-10,17H,1-6,11-15H2,(H,24,30)/t17-/m1/s1. The average molecular weight is 430 g/mol. The van der Waals surface area contributed by atoms with Gasteiger partial charge in [-0.1, -0.05) is 18.0 Å². The van der Waals surface area contributed by atoms with Gasteiger partial charge in [0.1, 0.15) is 11.6 Å². The zero-order valence-corrected chi connectivity index (χ0v) is 17.9. The number of likely N-dealkylation sites (tertiary alicyclic amines) is 1. The quantitative estimate of drug-likeness (QED) is 0.791. The number of nitrogens with zero attached hydrogens (tertiary/aromatic N) is 4. The summed E-state index contributed by atoms with van der Waals surface area (Å²) < 4.78 is 2.29. The van der Waals surface area contributed by atoms with E-state index in [1.807, 2.05) is 4.90 Å². The van der Waals surface area contributed by atoms with Crippen molar-refractivity contribution in [3.05, 3.63) is 46.5 Å². The molecule has 8 heteroatoms. The number of carbonyl (C=O) groups is 2. The van der Waals surface area contributed by atoms with Crippen molar-refractivity contribution in [3.63, 3.8) is 0 Å². The molecular formula is C22H28ClN5O2. The Hall–Kier alpha value is -2.41. The van der Waals surface area contributed by atoms with Gasteiger partial charge in [0.05, 0.1) is 0 Å². The first-order valence-corrected chi connectivity index (χ1v) is 11.2. The van der Waals surface area contributed by atoms with Gasteiger partial charge in [-0.05, 0) is 49.9 Å². The molecule has 3 heterocycles. The number of amides is 2. The van der Waals surface area contributed by atoms with Gasteiger partial charge in [0.2, 0.25) is 5.91 Å². The maximum Gasteiger partial charge on any atom is 0.251 e. The number of carbonyl (C=O) groups excluding carboxylic acids is 2. The van der Waals surface area contributed by atoms with Crippen LogP contribution < -0.4 is 5.32 Å². The van der Waals surface area contributed by atoms with E-state index < -0.39 is 0 Å². The third-order valence-corrected chi connectivity index (χ3v) is 6.26. The molecule has 2 aliphatic rings. The van der Waals surface area contributed by atoms with E-state index in [0.717, 1.165) is 44.0 Å². The number of piperidine rings is 1. The van der Waals surface area contributed by atoms with Gasteiger partial charge < -0.3 is 14.8 Å². The summed E-state index contributed by atoms with van der Waals surface area (Å²) in [6.45, 7) is 2.75. The first-order chi connectivity index (χ1) is 14.6. The summed E-state index contributed by atoms with van der Waals surface area (Å²) in [5.74, 6) is 2.26. The maximum atomic E-state index is 12.7. The maximum absolute atomic E-state index is 12.7. The highest BCUT2D eigenvalue weighted by Gasteiger charge is 2.29. The molecule has 30 heavy (non-hydrogen) atoms. The number of aryl methyl sites for hydroxylation is 1. The zero-order chi connectivity index (χ0) is 20.9. The number of halogens is 1. The number of benzene rings is 1. The molecule has 0 aliphatic carbocycles. The second-order valence-electron chi connectivity index (χ2n) is 8.13. The Morgan fingerprint density at radius 1 is 1.07 bits per heavy atom. The van der Waals surface area contributed by atoms with E-state index in [1.165, 1.54) is 19.3 Å². The second-order valence-corrected chi connectivity index (χ2v) is 8.56. The fraction of sp³-hybridized carbons (Fsp3) is 0.545. The summed E-state index contributed by atoms with van der Waals surface area (Å²) in [7, 11) is 0. The van der Waals surface area contributed by atoms with Crippen LogP contribution in [0.5, 0.6) is 0 Å². The first kappa shape index (κ1) is 20.8. The van der Waals surface area contributed by atoms with Crippen LogP contribution in [0.2, 0.25) is 5.02 Å². The van der Waals surface area contributed by atoms with Crippen LogP contribution in [0.15, 0.2) is 24.3 Å². The molecule has 4 rings (SSSR count). The van der Waals surface area contributed by atoms with E-state index in [4.69, 9.17) is 11.6 Å². The predicted octanol–water partition coefficient (Wildman–Crippen LogP) is 3.18. The summed E-state index contributed by atoms with van der Waals surface area (Å²) in [5.41, 5.74) is 0.539. The third kappa shape index (κ3) is 4.83. The van der Waals surface area contributed by atoms with Crippen molar-refractivity contribution in [2.75, 3.05) is 19.6 Å². The van der Waals surface area contributed by atoms with Crippen LogP contribution in [0.3, 0.4) is 0 Å². The van der Waals surface area contributed by atoms with Crippen molar-refractivity contribution in [1.29, 1.82) is 0 Å². The molecule has 2 aromatic rings. The van der Waals surface area contributed by atoms with E-state index in [-0.39, 0.29) is 17.7 Å². The lowest BCUT2D eigenvalue weighted by Gasteiger charge is -2.32. The van der Waals surface area contributed by atoms with Crippen LogP contribution in [0, 0.1) is 0 Å². The SMILES string of the molecule is O=C(NCCC(=O)N1CCC[C@@H](c2nnc3n2CCCCC3)C1)c1ccc(Cl)cc1. The van der Waals surface area contributed by atoms with Gasteiger partial charge in [0.15, 0.2) is 0 Å². The van der Waals surface area contributed by atoms with Crippen LogP contribution in [-0.2, 0) is 17.8 Å².